The average Bonchev–Trinajstić information content (AvgIpc) is 2.89. The van der Waals surface area contributed by atoms with Gasteiger partial charge in [0.1, 0.15) is 0 Å². The number of likely N-dealkylation sites (N-methyl/N-ethyl adjacent to an activating group) is 1. The molecule has 0 aliphatic heterocycles. The molecule has 2 rings (SSSR count). The van der Waals surface area contributed by atoms with Crippen LogP contribution in [0.1, 0.15) is 49.7 Å². The Labute approximate surface area is 119 Å². The SMILES string of the molecule is CCN(CCc1nc(CCl)cs1)C1CCCCC1. The van der Waals surface area contributed by atoms with E-state index in [4.69, 9.17) is 11.6 Å². The summed E-state index contributed by atoms with van der Waals surface area (Å²) in [6.45, 7) is 4.59. The van der Waals surface area contributed by atoms with Crippen LogP contribution in [-0.2, 0) is 12.3 Å². The summed E-state index contributed by atoms with van der Waals surface area (Å²) in [5.74, 6) is 0.538. The lowest BCUT2D eigenvalue weighted by molar-refractivity contribution is 0.165. The van der Waals surface area contributed by atoms with Gasteiger partial charge in [-0.05, 0) is 19.4 Å². The van der Waals surface area contributed by atoms with E-state index in [0.717, 1.165) is 24.7 Å². The summed E-state index contributed by atoms with van der Waals surface area (Å²) in [5.41, 5.74) is 1.03. The topological polar surface area (TPSA) is 16.1 Å². The molecular formula is C14H23ClN2S. The van der Waals surface area contributed by atoms with Crippen molar-refractivity contribution in [3.05, 3.63) is 16.1 Å². The second-order valence-electron chi connectivity index (χ2n) is 5.04. The van der Waals surface area contributed by atoms with Crippen molar-refractivity contribution in [1.82, 2.24) is 9.88 Å². The highest BCUT2D eigenvalue weighted by molar-refractivity contribution is 7.09. The van der Waals surface area contributed by atoms with Crippen molar-refractivity contribution in [3.8, 4) is 0 Å². The monoisotopic (exact) mass is 286 g/mol. The van der Waals surface area contributed by atoms with Crippen molar-refractivity contribution in [3.63, 3.8) is 0 Å². The van der Waals surface area contributed by atoms with Crippen LogP contribution in [0.25, 0.3) is 0 Å². The van der Waals surface area contributed by atoms with Gasteiger partial charge in [0.05, 0.1) is 16.6 Å². The lowest BCUT2D eigenvalue weighted by Crippen LogP contribution is -2.38. The van der Waals surface area contributed by atoms with E-state index >= 15 is 0 Å². The van der Waals surface area contributed by atoms with E-state index in [0.29, 0.717) is 5.88 Å². The van der Waals surface area contributed by atoms with Crippen molar-refractivity contribution >= 4 is 22.9 Å². The third-order valence-electron chi connectivity index (χ3n) is 3.85. The predicted molar refractivity (Wildman–Crippen MR) is 79.5 cm³/mol. The Hall–Kier alpha value is -0.120. The van der Waals surface area contributed by atoms with Crippen LogP contribution in [0.15, 0.2) is 5.38 Å². The highest BCUT2D eigenvalue weighted by atomic mass is 35.5. The molecule has 0 aromatic carbocycles. The van der Waals surface area contributed by atoms with Crippen LogP contribution in [-0.4, -0.2) is 29.0 Å². The van der Waals surface area contributed by atoms with E-state index in [1.54, 1.807) is 11.3 Å². The van der Waals surface area contributed by atoms with Crippen molar-refractivity contribution in [2.24, 2.45) is 0 Å². The predicted octanol–water partition coefficient (Wildman–Crippen LogP) is 4.08. The highest BCUT2D eigenvalue weighted by Gasteiger charge is 2.19. The van der Waals surface area contributed by atoms with Crippen molar-refractivity contribution in [2.45, 2.75) is 57.4 Å². The minimum absolute atomic E-state index is 0.538. The second kappa shape index (κ2) is 7.46. The van der Waals surface area contributed by atoms with Crippen molar-refractivity contribution in [1.29, 1.82) is 0 Å². The van der Waals surface area contributed by atoms with E-state index in [1.165, 1.54) is 43.7 Å². The van der Waals surface area contributed by atoms with Gasteiger partial charge in [0.2, 0.25) is 0 Å². The number of aromatic nitrogens is 1. The Kier molecular flexibility index (Phi) is 5.93. The molecule has 2 nitrogen and oxygen atoms in total. The van der Waals surface area contributed by atoms with E-state index in [-0.39, 0.29) is 0 Å². The van der Waals surface area contributed by atoms with Crippen LogP contribution in [0.3, 0.4) is 0 Å². The average molecular weight is 287 g/mol. The van der Waals surface area contributed by atoms with E-state index in [1.807, 2.05) is 0 Å². The first-order valence-corrected chi connectivity index (χ1v) is 8.48. The smallest absolute Gasteiger partial charge is 0.0941 e. The van der Waals surface area contributed by atoms with Gasteiger partial charge in [0, 0.05) is 24.4 Å². The Morgan fingerprint density at radius 3 is 2.78 bits per heavy atom. The van der Waals surface area contributed by atoms with Crippen molar-refractivity contribution < 1.29 is 0 Å². The molecule has 4 heteroatoms. The van der Waals surface area contributed by atoms with Gasteiger partial charge in [0.25, 0.3) is 0 Å². The van der Waals surface area contributed by atoms with E-state index < -0.39 is 0 Å². The van der Waals surface area contributed by atoms with Gasteiger partial charge in [-0.3, -0.25) is 0 Å². The number of thiazole rings is 1. The molecule has 0 saturated heterocycles. The van der Waals surface area contributed by atoms with Gasteiger partial charge >= 0.3 is 0 Å². The normalized spacial score (nSPS) is 17.5. The number of halogens is 1. The third kappa shape index (κ3) is 3.94. The molecule has 0 atom stereocenters. The largest absolute Gasteiger partial charge is 0.300 e. The van der Waals surface area contributed by atoms with Crippen LogP contribution in [0, 0.1) is 0 Å². The fourth-order valence-corrected chi connectivity index (χ4v) is 3.83. The molecule has 0 amide bonds. The first-order chi connectivity index (χ1) is 8.83. The second-order valence-corrected chi connectivity index (χ2v) is 6.25. The summed E-state index contributed by atoms with van der Waals surface area (Å²) < 4.78 is 0. The lowest BCUT2D eigenvalue weighted by Gasteiger charge is -2.33. The standard InChI is InChI=1S/C14H23ClN2S/c1-2-17(13-6-4-3-5-7-13)9-8-14-16-12(10-15)11-18-14/h11,13H,2-10H2,1H3. The molecule has 0 N–H and O–H groups in total. The molecule has 0 spiro atoms. The minimum Gasteiger partial charge on any atom is -0.300 e. The first kappa shape index (κ1) is 14.3. The zero-order valence-corrected chi connectivity index (χ0v) is 12.8. The molecule has 18 heavy (non-hydrogen) atoms. The Morgan fingerprint density at radius 1 is 1.39 bits per heavy atom. The summed E-state index contributed by atoms with van der Waals surface area (Å²) in [6.07, 6.45) is 8.10. The number of hydrogen-bond acceptors (Lipinski definition) is 3. The van der Waals surface area contributed by atoms with Gasteiger partial charge in [-0.2, -0.15) is 0 Å². The first-order valence-electron chi connectivity index (χ1n) is 7.06. The molecule has 1 aliphatic carbocycles. The van der Waals surface area contributed by atoms with E-state index in [9.17, 15) is 0 Å². The summed E-state index contributed by atoms with van der Waals surface area (Å²) >= 11 is 7.54. The Morgan fingerprint density at radius 2 is 2.17 bits per heavy atom. The molecule has 102 valence electrons. The maximum Gasteiger partial charge on any atom is 0.0941 e. The third-order valence-corrected chi connectivity index (χ3v) is 5.08. The molecule has 1 aromatic rings. The summed E-state index contributed by atoms with van der Waals surface area (Å²) in [7, 11) is 0. The van der Waals surface area contributed by atoms with Crippen molar-refractivity contribution in [2.75, 3.05) is 13.1 Å². The van der Waals surface area contributed by atoms with Crippen LogP contribution in [0.2, 0.25) is 0 Å². The van der Waals surface area contributed by atoms with Gasteiger partial charge in [0.15, 0.2) is 0 Å². The molecular weight excluding hydrogens is 264 g/mol. The molecule has 1 heterocycles. The number of alkyl halides is 1. The molecule has 1 saturated carbocycles. The quantitative estimate of drug-likeness (QED) is 0.733. The molecule has 1 aromatic heterocycles. The maximum absolute atomic E-state index is 5.79. The summed E-state index contributed by atoms with van der Waals surface area (Å²) in [5, 5.41) is 3.32. The molecule has 0 unspecified atom stereocenters. The van der Waals surface area contributed by atoms with Crippen LogP contribution in [0.5, 0.6) is 0 Å². The molecule has 0 bridgehead atoms. The summed E-state index contributed by atoms with van der Waals surface area (Å²) in [6, 6.07) is 0.816. The lowest BCUT2D eigenvalue weighted by atomic mass is 9.94. The van der Waals surface area contributed by atoms with Gasteiger partial charge in [-0.15, -0.1) is 22.9 Å². The number of nitrogens with zero attached hydrogens (tertiary/aromatic N) is 2. The van der Waals surface area contributed by atoms with Gasteiger partial charge in [-0.25, -0.2) is 4.98 Å². The van der Waals surface area contributed by atoms with E-state index in [2.05, 4.69) is 22.2 Å². The fourth-order valence-electron chi connectivity index (χ4n) is 2.81. The van der Waals surface area contributed by atoms with Crippen LogP contribution < -0.4 is 0 Å². The Bertz CT molecular complexity index is 347. The molecule has 1 fully saturated rings. The molecule has 0 radical (unpaired) electrons. The fraction of sp³-hybridized carbons (Fsp3) is 0.786. The Balaban J connectivity index is 1.82. The maximum atomic E-state index is 5.79. The summed E-state index contributed by atoms with van der Waals surface area (Å²) in [4.78, 5) is 7.18. The van der Waals surface area contributed by atoms with Crippen LogP contribution in [0.4, 0.5) is 0 Å². The van der Waals surface area contributed by atoms with Gasteiger partial charge < -0.3 is 4.90 Å². The zero-order chi connectivity index (χ0) is 12.8. The van der Waals surface area contributed by atoms with Gasteiger partial charge in [-0.1, -0.05) is 26.2 Å². The highest BCUT2D eigenvalue weighted by Crippen LogP contribution is 2.23. The molecule has 1 aliphatic rings. The number of hydrogen-bond donors (Lipinski definition) is 0. The zero-order valence-electron chi connectivity index (χ0n) is 11.2. The number of rotatable bonds is 6. The minimum atomic E-state index is 0.538. The van der Waals surface area contributed by atoms with Crippen LogP contribution >= 0.6 is 22.9 Å².